The predicted octanol–water partition coefficient (Wildman–Crippen LogP) is 2.74. The van der Waals surface area contributed by atoms with Gasteiger partial charge in [0, 0.05) is 29.4 Å². The minimum Gasteiger partial charge on any atom is -0.478 e. The highest BCUT2D eigenvalue weighted by Crippen LogP contribution is 2.23. The van der Waals surface area contributed by atoms with Gasteiger partial charge in [0.1, 0.15) is 0 Å². The van der Waals surface area contributed by atoms with Crippen LogP contribution in [-0.2, 0) is 4.74 Å². The smallest absolute Gasteiger partial charge is 0.336 e. The third-order valence-corrected chi connectivity index (χ3v) is 3.45. The van der Waals surface area contributed by atoms with E-state index in [4.69, 9.17) is 9.84 Å². The second kappa shape index (κ2) is 5.51. The van der Waals surface area contributed by atoms with Gasteiger partial charge in [-0.2, -0.15) is 0 Å². The first-order chi connectivity index (χ1) is 8.16. The van der Waals surface area contributed by atoms with Crippen LogP contribution < -0.4 is 5.32 Å². The molecular formula is C12H14BrNO3. The number of anilines is 1. The highest BCUT2D eigenvalue weighted by atomic mass is 79.9. The Morgan fingerprint density at radius 2 is 2.12 bits per heavy atom. The monoisotopic (exact) mass is 299 g/mol. The van der Waals surface area contributed by atoms with Crippen molar-refractivity contribution in [1.29, 1.82) is 0 Å². The van der Waals surface area contributed by atoms with Crippen LogP contribution in [-0.4, -0.2) is 30.3 Å². The molecule has 5 heteroatoms. The summed E-state index contributed by atoms with van der Waals surface area (Å²) in [6.07, 6.45) is 1.97. The third-order valence-electron chi connectivity index (χ3n) is 2.79. The number of hydrogen-bond acceptors (Lipinski definition) is 3. The number of aromatic carboxylic acids is 1. The molecule has 1 aromatic carbocycles. The SMILES string of the molecule is O=C(O)c1ccc(NC2CCOCC2)cc1Br. The Balaban J connectivity index is 2.06. The molecule has 0 unspecified atom stereocenters. The van der Waals surface area contributed by atoms with Crippen LogP contribution in [0.3, 0.4) is 0 Å². The molecule has 17 heavy (non-hydrogen) atoms. The zero-order chi connectivity index (χ0) is 12.3. The molecule has 1 aliphatic rings. The Hall–Kier alpha value is -1.07. The number of carbonyl (C=O) groups is 1. The number of hydrogen-bond donors (Lipinski definition) is 2. The van der Waals surface area contributed by atoms with Gasteiger partial charge >= 0.3 is 5.97 Å². The summed E-state index contributed by atoms with van der Waals surface area (Å²) in [5.41, 5.74) is 1.22. The Morgan fingerprint density at radius 3 is 2.71 bits per heavy atom. The van der Waals surface area contributed by atoms with E-state index in [0.29, 0.717) is 10.5 Å². The van der Waals surface area contributed by atoms with E-state index in [9.17, 15) is 4.79 Å². The molecule has 92 valence electrons. The maximum Gasteiger partial charge on any atom is 0.336 e. The van der Waals surface area contributed by atoms with E-state index in [0.717, 1.165) is 31.7 Å². The van der Waals surface area contributed by atoms with Crippen LogP contribution in [0.5, 0.6) is 0 Å². The normalized spacial score (nSPS) is 16.8. The number of rotatable bonds is 3. The lowest BCUT2D eigenvalue weighted by Gasteiger charge is -2.24. The topological polar surface area (TPSA) is 58.6 Å². The van der Waals surface area contributed by atoms with Crippen molar-refractivity contribution in [2.45, 2.75) is 18.9 Å². The fourth-order valence-corrected chi connectivity index (χ4v) is 2.40. The molecule has 1 fully saturated rings. The van der Waals surface area contributed by atoms with Crippen molar-refractivity contribution in [2.24, 2.45) is 0 Å². The van der Waals surface area contributed by atoms with Crippen LogP contribution in [0.15, 0.2) is 22.7 Å². The first kappa shape index (κ1) is 12.4. The maximum absolute atomic E-state index is 10.9. The molecule has 2 N–H and O–H groups in total. The fourth-order valence-electron chi connectivity index (χ4n) is 1.86. The number of benzene rings is 1. The molecule has 1 aromatic rings. The summed E-state index contributed by atoms with van der Waals surface area (Å²) in [4.78, 5) is 10.9. The second-order valence-corrected chi connectivity index (χ2v) is 4.89. The van der Waals surface area contributed by atoms with Crippen molar-refractivity contribution in [3.8, 4) is 0 Å². The Labute approximate surface area is 108 Å². The second-order valence-electron chi connectivity index (χ2n) is 4.03. The van der Waals surface area contributed by atoms with E-state index in [1.54, 1.807) is 18.2 Å². The average molecular weight is 300 g/mol. The molecule has 1 saturated heterocycles. The van der Waals surface area contributed by atoms with E-state index >= 15 is 0 Å². The van der Waals surface area contributed by atoms with Crippen molar-refractivity contribution >= 4 is 27.6 Å². The molecule has 0 saturated carbocycles. The van der Waals surface area contributed by atoms with Crippen LogP contribution in [0.1, 0.15) is 23.2 Å². The van der Waals surface area contributed by atoms with Crippen molar-refractivity contribution in [3.05, 3.63) is 28.2 Å². The molecule has 0 spiro atoms. The number of ether oxygens (including phenoxy) is 1. The standard InChI is InChI=1S/C12H14BrNO3/c13-11-7-9(1-2-10(11)12(15)16)14-8-3-5-17-6-4-8/h1-2,7-8,14H,3-6H2,(H,15,16). The summed E-state index contributed by atoms with van der Waals surface area (Å²) in [5.74, 6) is -0.922. The van der Waals surface area contributed by atoms with Crippen molar-refractivity contribution in [2.75, 3.05) is 18.5 Å². The molecule has 2 rings (SSSR count). The summed E-state index contributed by atoms with van der Waals surface area (Å²) in [6, 6.07) is 5.61. The van der Waals surface area contributed by atoms with Gasteiger partial charge < -0.3 is 15.2 Å². The molecule has 0 aromatic heterocycles. The summed E-state index contributed by atoms with van der Waals surface area (Å²) in [5, 5.41) is 12.3. The maximum atomic E-state index is 10.9. The van der Waals surface area contributed by atoms with Gasteiger partial charge in [0.2, 0.25) is 0 Å². The summed E-state index contributed by atoms with van der Waals surface area (Å²) >= 11 is 3.27. The van der Waals surface area contributed by atoms with Gasteiger partial charge in [-0.3, -0.25) is 0 Å². The Kier molecular flexibility index (Phi) is 4.02. The van der Waals surface area contributed by atoms with E-state index in [1.807, 2.05) is 0 Å². The summed E-state index contributed by atoms with van der Waals surface area (Å²) in [7, 11) is 0. The van der Waals surface area contributed by atoms with Crippen LogP contribution in [0, 0.1) is 0 Å². The van der Waals surface area contributed by atoms with E-state index < -0.39 is 5.97 Å². The molecule has 0 bridgehead atoms. The number of carboxylic acids is 1. The minimum absolute atomic E-state index is 0.280. The molecule has 4 nitrogen and oxygen atoms in total. The van der Waals surface area contributed by atoms with E-state index in [1.165, 1.54) is 0 Å². The molecular weight excluding hydrogens is 286 g/mol. The zero-order valence-corrected chi connectivity index (χ0v) is 10.9. The van der Waals surface area contributed by atoms with Gasteiger partial charge in [-0.15, -0.1) is 0 Å². The number of nitrogens with one attached hydrogen (secondary N) is 1. The number of carboxylic acid groups (broad SMARTS) is 1. The van der Waals surface area contributed by atoms with Crippen LogP contribution in [0.4, 0.5) is 5.69 Å². The molecule has 0 amide bonds. The highest BCUT2D eigenvalue weighted by molar-refractivity contribution is 9.10. The van der Waals surface area contributed by atoms with E-state index in [2.05, 4.69) is 21.2 Å². The van der Waals surface area contributed by atoms with Crippen molar-refractivity contribution in [3.63, 3.8) is 0 Å². The molecule has 0 aliphatic carbocycles. The zero-order valence-electron chi connectivity index (χ0n) is 9.28. The lowest BCUT2D eigenvalue weighted by Crippen LogP contribution is -2.27. The molecule has 0 atom stereocenters. The first-order valence-corrected chi connectivity index (χ1v) is 6.33. The first-order valence-electron chi connectivity index (χ1n) is 5.54. The van der Waals surface area contributed by atoms with Crippen LogP contribution in [0.25, 0.3) is 0 Å². The van der Waals surface area contributed by atoms with Gasteiger partial charge in [-0.05, 0) is 47.0 Å². The molecule has 0 radical (unpaired) electrons. The average Bonchev–Trinajstić information content (AvgIpc) is 2.30. The van der Waals surface area contributed by atoms with Crippen molar-refractivity contribution in [1.82, 2.24) is 0 Å². The molecule has 1 aliphatic heterocycles. The van der Waals surface area contributed by atoms with Gasteiger partial charge in [-0.1, -0.05) is 0 Å². The van der Waals surface area contributed by atoms with Gasteiger partial charge in [-0.25, -0.2) is 4.79 Å². The van der Waals surface area contributed by atoms with Gasteiger partial charge in [0.25, 0.3) is 0 Å². The highest BCUT2D eigenvalue weighted by Gasteiger charge is 2.14. The fraction of sp³-hybridized carbons (Fsp3) is 0.417. The quantitative estimate of drug-likeness (QED) is 0.901. The third kappa shape index (κ3) is 3.20. The van der Waals surface area contributed by atoms with Crippen molar-refractivity contribution < 1.29 is 14.6 Å². The Morgan fingerprint density at radius 1 is 1.41 bits per heavy atom. The molecule has 1 heterocycles. The van der Waals surface area contributed by atoms with Crippen LogP contribution in [0.2, 0.25) is 0 Å². The largest absolute Gasteiger partial charge is 0.478 e. The van der Waals surface area contributed by atoms with Crippen LogP contribution >= 0.6 is 15.9 Å². The predicted molar refractivity (Wildman–Crippen MR) is 68.6 cm³/mol. The number of halogens is 1. The summed E-state index contributed by atoms with van der Waals surface area (Å²) in [6.45, 7) is 1.57. The minimum atomic E-state index is -0.922. The summed E-state index contributed by atoms with van der Waals surface area (Å²) < 4.78 is 5.88. The van der Waals surface area contributed by atoms with Gasteiger partial charge in [0.15, 0.2) is 0 Å². The lowest BCUT2D eigenvalue weighted by atomic mass is 10.1. The van der Waals surface area contributed by atoms with Gasteiger partial charge in [0.05, 0.1) is 5.56 Å². The Bertz CT molecular complexity index is 416. The van der Waals surface area contributed by atoms with E-state index in [-0.39, 0.29) is 5.56 Å². The lowest BCUT2D eigenvalue weighted by molar-refractivity contribution is 0.0696.